The number of methoxy groups -OCH3 is 2. The van der Waals surface area contributed by atoms with Crippen molar-refractivity contribution in [1.82, 2.24) is 0 Å². The van der Waals surface area contributed by atoms with Crippen LogP contribution in [0.1, 0.15) is 5.56 Å². The summed E-state index contributed by atoms with van der Waals surface area (Å²) < 4.78 is 24.1. The van der Waals surface area contributed by atoms with Gasteiger partial charge in [-0.05, 0) is 52.7 Å². The van der Waals surface area contributed by atoms with Crippen molar-refractivity contribution < 1.29 is 23.5 Å². The number of nitrogens with zero attached hydrogens (tertiary/aromatic N) is 1. The number of carbonyl (C=O) groups is 2. The molecule has 5 nitrogen and oxygen atoms in total. The van der Waals surface area contributed by atoms with Gasteiger partial charge in [-0.3, -0.25) is 0 Å². The second kappa shape index (κ2) is 7.44. The van der Waals surface area contributed by atoms with Gasteiger partial charge in [0.15, 0.2) is 0 Å². The lowest BCUT2D eigenvalue weighted by Gasteiger charge is -2.24. The summed E-state index contributed by atoms with van der Waals surface area (Å²) in [5, 5.41) is 0. The number of ether oxygens (including phenoxy) is 2. The van der Waals surface area contributed by atoms with Crippen molar-refractivity contribution >= 4 is 33.6 Å². The molecule has 126 valence electrons. The second-order valence-electron chi connectivity index (χ2n) is 4.87. The summed E-state index contributed by atoms with van der Waals surface area (Å²) in [7, 11) is 2.41. The van der Waals surface area contributed by atoms with E-state index in [9.17, 15) is 14.0 Å². The van der Waals surface area contributed by atoms with E-state index in [0.29, 0.717) is 15.7 Å². The van der Waals surface area contributed by atoms with E-state index in [1.54, 1.807) is 25.1 Å². The van der Waals surface area contributed by atoms with Crippen LogP contribution >= 0.6 is 15.9 Å². The fourth-order valence-corrected chi connectivity index (χ4v) is 2.82. The molecule has 0 N–H and O–H groups in total. The average molecular weight is 396 g/mol. The Morgan fingerprint density at radius 1 is 1.12 bits per heavy atom. The largest absolute Gasteiger partial charge is 0.465 e. The molecule has 0 saturated carbocycles. The van der Waals surface area contributed by atoms with Gasteiger partial charge in [0.1, 0.15) is 11.5 Å². The van der Waals surface area contributed by atoms with Gasteiger partial charge in [0.25, 0.3) is 0 Å². The Kier molecular flexibility index (Phi) is 5.56. The number of anilines is 1. The molecule has 7 heteroatoms. The Labute approximate surface area is 147 Å². The Bertz CT molecular complexity index is 783. The van der Waals surface area contributed by atoms with Gasteiger partial charge in [-0.25, -0.2) is 14.0 Å². The summed E-state index contributed by atoms with van der Waals surface area (Å²) in [5.74, 6) is -1.90. The van der Waals surface area contributed by atoms with Gasteiger partial charge in [0, 0.05) is 10.7 Å². The SMILES string of the molecule is COC(=O)C1=C(C(=O)OC)N(c2cc(F)c(C)cc2Br)C=CC=C1. The van der Waals surface area contributed by atoms with E-state index in [2.05, 4.69) is 15.9 Å². The van der Waals surface area contributed by atoms with E-state index in [-0.39, 0.29) is 11.3 Å². The molecule has 0 fully saturated rings. The minimum absolute atomic E-state index is 0.00207. The minimum atomic E-state index is -0.750. The van der Waals surface area contributed by atoms with Crippen molar-refractivity contribution in [3.8, 4) is 0 Å². The Morgan fingerprint density at radius 3 is 2.42 bits per heavy atom. The van der Waals surface area contributed by atoms with Gasteiger partial charge < -0.3 is 14.4 Å². The van der Waals surface area contributed by atoms with Crippen LogP contribution in [-0.4, -0.2) is 26.2 Å². The van der Waals surface area contributed by atoms with Crippen LogP contribution in [0.25, 0.3) is 0 Å². The molecule has 0 saturated heterocycles. The molecule has 24 heavy (non-hydrogen) atoms. The number of aryl methyl sites for hydroxylation is 1. The molecule has 0 aromatic heterocycles. The molecule has 1 aromatic rings. The van der Waals surface area contributed by atoms with Crippen molar-refractivity contribution in [2.75, 3.05) is 19.1 Å². The molecular weight excluding hydrogens is 381 g/mol. The first kappa shape index (κ1) is 17.9. The molecule has 0 bridgehead atoms. The highest BCUT2D eigenvalue weighted by atomic mass is 79.9. The number of esters is 2. The van der Waals surface area contributed by atoms with Gasteiger partial charge in [-0.2, -0.15) is 0 Å². The van der Waals surface area contributed by atoms with E-state index in [1.165, 1.54) is 37.5 Å². The van der Waals surface area contributed by atoms with Crippen molar-refractivity contribution in [1.29, 1.82) is 0 Å². The van der Waals surface area contributed by atoms with Gasteiger partial charge >= 0.3 is 11.9 Å². The predicted octanol–water partition coefficient (Wildman–Crippen LogP) is 3.39. The van der Waals surface area contributed by atoms with Crippen LogP contribution in [0.3, 0.4) is 0 Å². The van der Waals surface area contributed by atoms with Crippen LogP contribution in [0.4, 0.5) is 10.1 Å². The van der Waals surface area contributed by atoms with Crippen LogP contribution in [0, 0.1) is 12.7 Å². The number of benzene rings is 1. The monoisotopic (exact) mass is 395 g/mol. The lowest BCUT2D eigenvalue weighted by atomic mass is 10.1. The molecule has 0 spiro atoms. The summed E-state index contributed by atoms with van der Waals surface area (Å²) in [4.78, 5) is 25.7. The second-order valence-corrected chi connectivity index (χ2v) is 5.72. The summed E-state index contributed by atoms with van der Waals surface area (Å²) in [6.07, 6.45) is 6.16. The highest BCUT2D eigenvalue weighted by Gasteiger charge is 2.28. The number of hydrogen-bond acceptors (Lipinski definition) is 5. The lowest BCUT2D eigenvalue weighted by Crippen LogP contribution is -2.27. The van der Waals surface area contributed by atoms with E-state index in [0.717, 1.165) is 0 Å². The van der Waals surface area contributed by atoms with Crippen LogP contribution in [0.15, 0.2) is 52.3 Å². The highest BCUT2D eigenvalue weighted by Crippen LogP contribution is 2.34. The van der Waals surface area contributed by atoms with Crippen LogP contribution in [-0.2, 0) is 19.1 Å². The van der Waals surface area contributed by atoms with E-state index < -0.39 is 17.8 Å². The molecule has 0 aliphatic carbocycles. The number of hydrogen-bond donors (Lipinski definition) is 0. The third-order valence-corrected chi connectivity index (χ3v) is 4.01. The van der Waals surface area contributed by atoms with Gasteiger partial charge in [-0.1, -0.05) is 6.08 Å². The zero-order valence-corrected chi connectivity index (χ0v) is 14.9. The maximum absolute atomic E-state index is 14.0. The fourth-order valence-electron chi connectivity index (χ4n) is 2.17. The molecule has 0 unspecified atom stereocenters. The van der Waals surface area contributed by atoms with Crippen LogP contribution < -0.4 is 4.90 Å². The molecule has 2 rings (SSSR count). The molecule has 1 aromatic carbocycles. The molecule has 1 heterocycles. The number of rotatable bonds is 3. The quantitative estimate of drug-likeness (QED) is 0.734. The lowest BCUT2D eigenvalue weighted by molar-refractivity contribution is -0.139. The summed E-state index contributed by atoms with van der Waals surface area (Å²) in [6.45, 7) is 1.63. The molecule has 0 radical (unpaired) electrons. The van der Waals surface area contributed by atoms with E-state index in [1.807, 2.05) is 0 Å². The summed E-state index contributed by atoms with van der Waals surface area (Å²) in [6, 6.07) is 2.86. The third-order valence-electron chi connectivity index (χ3n) is 3.38. The smallest absolute Gasteiger partial charge is 0.355 e. The average Bonchev–Trinajstić information content (AvgIpc) is 2.79. The Morgan fingerprint density at radius 2 is 1.79 bits per heavy atom. The predicted molar refractivity (Wildman–Crippen MR) is 90.7 cm³/mol. The Balaban J connectivity index is 2.72. The molecular formula is C17H15BrFNO4. The third kappa shape index (κ3) is 3.41. The standard InChI is InChI=1S/C17H15BrFNO4/c1-10-8-12(18)14(9-13(10)19)20-7-5-4-6-11(16(21)23-2)15(20)17(22)24-3/h4-9H,1-3H3. The Hall–Kier alpha value is -2.41. The van der Waals surface area contributed by atoms with Crippen LogP contribution in [0.2, 0.25) is 0 Å². The molecule has 0 atom stereocenters. The van der Waals surface area contributed by atoms with Gasteiger partial charge in [-0.15, -0.1) is 0 Å². The fraction of sp³-hybridized carbons (Fsp3) is 0.176. The van der Waals surface area contributed by atoms with E-state index in [4.69, 9.17) is 9.47 Å². The van der Waals surface area contributed by atoms with Crippen molar-refractivity contribution in [2.24, 2.45) is 0 Å². The van der Waals surface area contributed by atoms with Gasteiger partial charge in [0.2, 0.25) is 0 Å². The molecule has 1 aliphatic rings. The first-order valence-electron chi connectivity index (χ1n) is 6.91. The number of allylic oxidation sites excluding steroid dienone is 2. The minimum Gasteiger partial charge on any atom is -0.465 e. The van der Waals surface area contributed by atoms with Crippen molar-refractivity contribution in [3.05, 3.63) is 63.7 Å². The first-order chi connectivity index (χ1) is 11.4. The van der Waals surface area contributed by atoms with Gasteiger partial charge in [0.05, 0.1) is 25.5 Å². The zero-order chi connectivity index (χ0) is 17.9. The topological polar surface area (TPSA) is 55.8 Å². The maximum Gasteiger partial charge on any atom is 0.355 e. The molecule has 0 amide bonds. The number of halogens is 2. The van der Waals surface area contributed by atoms with Crippen molar-refractivity contribution in [3.63, 3.8) is 0 Å². The highest BCUT2D eigenvalue weighted by molar-refractivity contribution is 9.10. The van der Waals surface area contributed by atoms with Crippen LogP contribution in [0.5, 0.6) is 0 Å². The summed E-state index contributed by atoms with van der Waals surface area (Å²) >= 11 is 3.36. The normalized spacial score (nSPS) is 13.8. The summed E-state index contributed by atoms with van der Waals surface area (Å²) in [5.41, 5.74) is 0.722. The number of carbonyl (C=O) groups excluding carboxylic acids is 2. The first-order valence-corrected chi connectivity index (χ1v) is 7.70. The van der Waals surface area contributed by atoms with E-state index >= 15 is 0 Å². The zero-order valence-electron chi connectivity index (χ0n) is 13.3. The maximum atomic E-state index is 14.0. The van der Waals surface area contributed by atoms with Crippen molar-refractivity contribution in [2.45, 2.75) is 6.92 Å². The molecule has 1 aliphatic heterocycles.